The molecule has 0 spiro atoms. The highest BCUT2D eigenvalue weighted by Gasteiger charge is 2.13. The van der Waals surface area contributed by atoms with Crippen molar-refractivity contribution in [2.75, 3.05) is 32.2 Å². The van der Waals surface area contributed by atoms with Gasteiger partial charge in [-0.2, -0.15) is 0 Å². The van der Waals surface area contributed by atoms with Gasteiger partial charge in [0.15, 0.2) is 0 Å². The van der Waals surface area contributed by atoms with Crippen molar-refractivity contribution in [2.24, 2.45) is 0 Å². The highest BCUT2D eigenvalue weighted by molar-refractivity contribution is 7.10. The Labute approximate surface area is 130 Å². The zero-order valence-electron chi connectivity index (χ0n) is 12.9. The van der Waals surface area contributed by atoms with Crippen LogP contribution >= 0.6 is 11.3 Å². The summed E-state index contributed by atoms with van der Waals surface area (Å²) < 4.78 is 5.01. The minimum atomic E-state index is 0.336. The summed E-state index contributed by atoms with van der Waals surface area (Å²) in [6.45, 7) is 4.61. The first-order valence-electron chi connectivity index (χ1n) is 7.13. The summed E-state index contributed by atoms with van der Waals surface area (Å²) in [7, 11) is 3.80. The van der Waals surface area contributed by atoms with Gasteiger partial charge in [-0.1, -0.05) is 12.1 Å². The molecule has 5 heteroatoms. The molecule has 0 radical (unpaired) electrons. The fraction of sp³-hybridized carbons (Fsp3) is 0.438. The summed E-state index contributed by atoms with van der Waals surface area (Å²) in [4.78, 5) is 8.12. The van der Waals surface area contributed by atoms with Crippen LogP contribution in [0.4, 0.5) is 5.82 Å². The lowest BCUT2D eigenvalue weighted by Crippen LogP contribution is -2.22. The van der Waals surface area contributed by atoms with Crippen LogP contribution in [0.25, 0.3) is 0 Å². The van der Waals surface area contributed by atoms with Gasteiger partial charge >= 0.3 is 0 Å². The molecule has 2 aromatic heterocycles. The van der Waals surface area contributed by atoms with Crippen LogP contribution in [0.15, 0.2) is 35.8 Å². The molecule has 0 saturated heterocycles. The SMILES string of the molecule is COCCNCc1ccc(N(C)C(C)c2cccs2)nc1. The number of nitrogens with zero attached hydrogens (tertiary/aromatic N) is 2. The molecule has 0 aliphatic rings. The zero-order chi connectivity index (χ0) is 15.1. The minimum Gasteiger partial charge on any atom is -0.383 e. The first-order chi connectivity index (χ1) is 10.2. The third-order valence-electron chi connectivity index (χ3n) is 3.52. The molecule has 0 amide bonds. The molecule has 0 bridgehead atoms. The standard InChI is InChI=1S/C16H23N3OS/c1-13(15-5-4-10-21-15)19(2)16-7-6-14(12-18-16)11-17-8-9-20-3/h4-7,10,12-13,17H,8-9,11H2,1-3H3. The van der Waals surface area contributed by atoms with Gasteiger partial charge in [-0.15, -0.1) is 11.3 Å². The number of thiophene rings is 1. The molecule has 0 aliphatic carbocycles. The first-order valence-corrected chi connectivity index (χ1v) is 8.01. The van der Waals surface area contributed by atoms with E-state index in [-0.39, 0.29) is 0 Å². The fourth-order valence-electron chi connectivity index (χ4n) is 2.06. The smallest absolute Gasteiger partial charge is 0.128 e. The van der Waals surface area contributed by atoms with Crippen molar-refractivity contribution in [3.63, 3.8) is 0 Å². The van der Waals surface area contributed by atoms with E-state index in [1.54, 1.807) is 18.4 Å². The Morgan fingerprint density at radius 1 is 1.38 bits per heavy atom. The normalized spacial score (nSPS) is 12.3. The van der Waals surface area contributed by atoms with Crippen molar-refractivity contribution in [3.8, 4) is 0 Å². The van der Waals surface area contributed by atoms with E-state index >= 15 is 0 Å². The van der Waals surface area contributed by atoms with Crippen LogP contribution in [0, 0.1) is 0 Å². The second kappa shape index (κ2) is 8.12. The van der Waals surface area contributed by atoms with E-state index in [9.17, 15) is 0 Å². The fourth-order valence-corrected chi connectivity index (χ4v) is 2.88. The molecule has 2 aromatic rings. The van der Waals surface area contributed by atoms with Gasteiger partial charge in [0, 0.05) is 38.3 Å². The molecule has 21 heavy (non-hydrogen) atoms. The summed E-state index contributed by atoms with van der Waals surface area (Å²) in [6, 6.07) is 8.80. The summed E-state index contributed by atoms with van der Waals surface area (Å²) in [5, 5.41) is 5.43. The lowest BCUT2D eigenvalue weighted by molar-refractivity contribution is 0.199. The molecular formula is C16H23N3OS. The van der Waals surface area contributed by atoms with E-state index in [1.165, 1.54) is 10.4 Å². The Morgan fingerprint density at radius 3 is 2.86 bits per heavy atom. The number of hydrogen-bond donors (Lipinski definition) is 1. The molecule has 2 heterocycles. The van der Waals surface area contributed by atoms with Gasteiger partial charge in [0.2, 0.25) is 0 Å². The number of ether oxygens (including phenoxy) is 1. The molecule has 0 aliphatic heterocycles. The van der Waals surface area contributed by atoms with Crippen molar-refractivity contribution in [1.82, 2.24) is 10.3 Å². The van der Waals surface area contributed by atoms with Gasteiger partial charge in [-0.3, -0.25) is 0 Å². The maximum atomic E-state index is 5.01. The maximum absolute atomic E-state index is 5.01. The van der Waals surface area contributed by atoms with E-state index in [0.29, 0.717) is 6.04 Å². The Balaban J connectivity index is 1.92. The van der Waals surface area contributed by atoms with Gasteiger partial charge in [-0.25, -0.2) is 4.98 Å². The minimum absolute atomic E-state index is 0.336. The molecule has 114 valence electrons. The van der Waals surface area contributed by atoms with Crippen LogP contribution in [0.2, 0.25) is 0 Å². The summed E-state index contributed by atoms with van der Waals surface area (Å²) in [6.07, 6.45) is 1.94. The molecule has 0 aromatic carbocycles. The van der Waals surface area contributed by atoms with Crippen molar-refractivity contribution in [3.05, 3.63) is 46.3 Å². The quantitative estimate of drug-likeness (QED) is 0.761. The lowest BCUT2D eigenvalue weighted by Gasteiger charge is -2.25. The van der Waals surface area contributed by atoms with Crippen molar-refractivity contribution < 1.29 is 4.74 Å². The largest absolute Gasteiger partial charge is 0.383 e. The molecule has 2 rings (SSSR count). The maximum Gasteiger partial charge on any atom is 0.128 e. The molecule has 4 nitrogen and oxygen atoms in total. The zero-order valence-corrected chi connectivity index (χ0v) is 13.7. The van der Waals surface area contributed by atoms with Gasteiger partial charge in [0.25, 0.3) is 0 Å². The van der Waals surface area contributed by atoms with E-state index in [2.05, 4.69) is 58.8 Å². The molecule has 1 N–H and O–H groups in total. The number of pyridine rings is 1. The first kappa shape index (κ1) is 15.9. The number of nitrogens with one attached hydrogen (secondary N) is 1. The van der Waals surface area contributed by atoms with Crippen LogP contribution in [0.1, 0.15) is 23.4 Å². The van der Waals surface area contributed by atoms with E-state index in [4.69, 9.17) is 4.74 Å². The lowest BCUT2D eigenvalue weighted by atomic mass is 10.2. The van der Waals surface area contributed by atoms with Crippen molar-refractivity contribution in [1.29, 1.82) is 0 Å². The number of rotatable bonds is 8. The van der Waals surface area contributed by atoms with Crippen LogP contribution < -0.4 is 10.2 Å². The van der Waals surface area contributed by atoms with Crippen molar-refractivity contribution in [2.45, 2.75) is 19.5 Å². The molecule has 1 unspecified atom stereocenters. The second-order valence-corrected chi connectivity index (χ2v) is 5.98. The number of hydrogen-bond acceptors (Lipinski definition) is 5. The third kappa shape index (κ3) is 4.52. The Kier molecular flexibility index (Phi) is 6.17. The van der Waals surface area contributed by atoms with E-state index in [1.807, 2.05) is 6.20 Å². The highest BCUT2D eigenvalue weighted by atomic mass is 32.1. The highest BCUT2D eigenvalue weighted by Crippen LogP contribution is 2.26. The Morgan fingerprint density at radius 2 is 2.24 bits per heavy atom. The predicted molar refractivity (Wildman–Crippen MR) is 89.0 cm³/mol. The monoisotopic (exact) mass is 305 g/mol. The molecule has 0 fully saturated rings. The Bertz CT molecular complexity index is 513. The molecular weight excluding hydrogens is 282 g/mol. The van der Waals surface area contributed by atoms with E-state index in [0.717, 1.165) is 25.5 Å². The van der Waals surface area contributed by atoms with Gasteiger partial charge in [0.05, 0.1) is 12.6 Å². The second-order valence-electron chi connectivity index (χ2n) is 5.00. The number of aromatic nitrogens is 1. The topological polar surface area (TPSA) is 37.4 Å². The van der Waals surface area contributed by atoms with Crippen LogP contribution in [-0.2, 0) is 11.3 Å². The molecule has 0 saturated carbocycles. The average Bonchev–Trinajstić information content (AvgIpc) is 3.05. The number of methoxy groups -OCH3 is 1. The van der Waals surface area contributed by atoms with Gasteiger partial charge in [0.1, 0.15) is 5.82 Å². The van der Waals surface area contributed by atoms with Gasteiger partial charge < -0.3 is 15.0 Å². The third-order valence-corrected chi connectivity index (χ3v) is 4.56. The summed E-state index contributed by atoms with van der Waals surface area (Å²) in [5.41, 5.74) is 1.19. The predicted octanol–water partition coefficient (Wildman–Crippen LogP) is 3.08. The van der Waals surface area contributed by atoms with Crippen LogP contribution in [0.5, 0.6) is 0 Å². The van der Waals surface area contributed by atoms with Crippen LogP contribution in [0.3, 0.4) is 0 Å². The number of anilines is 1. The van der Waals surface area contributed by atoms with E-state index < -0.39 is 0 Å². The van der Waals surface area contributed by atoms with Crippen LogP contribution in [-0.4, -0.2) is 32.3 Å². The summed E-state index contributed by atoms with van der Waals surface area (Å²) in [5.74, 6) is 0.997. The van der Waals surface area contributed by atoms with Gasteiger partial charge in [-0.05, 0) is 30.0 Å². The Hall–Kier alpha value is -1.43. The molecule has 1 atom stereocenters. The van der Waals surface area contributed by atoms with Crippen molar-refractivity contribution >= 4 is 17.2 Å². The average molecular weight is 305 g/mol. The summed E-state index contributed by atoms with van der Waals surface area (Å²) >= 11 is 1.78.